The summed E-state index contributed by atoms with van der Waals surface area (Å²) in [6, 6.07) is 8.09. The fourth-order valence-electron chi connectivity index (χ4n) is 4.48. The van der Waals surface area contributed by atoms with E-state index in [9.17, 15) is 30.7 Å². The number of benzene rings is 5. The number of halogens is 10. The third-order valence-electron chi connectivity index (χ3n) is 6.14. The summed E-state index contributed by atoms with van der Waals surface area (Å²) in [5, 5.41) is -3.92. The highest BCUT2D eigenvalue weighted by molar-refractivity contribution is 6.22. The van der Waals surface area contributed by atoms with Crippen molar-refractivity contribution in [2.24, 2.45) is 0 Å². The lowest BCUT2D eigenvalue weighted by molar-refractivity contribution is 0.381. The zero-order valence-corrected chi connectivity index (χ0v) is 18.7. The quantitative estimate of drug-likeness (QED) is 0.0963. The SMILES string of the molecule is COc1ccc(-c2c3cccc(F)c3c(-c3c(F)c(F)c(F)c(F)c3F)c3c(F)c(F)c(F)c(F)c23)cc1. The molecular formula is C27H10F10O. The Kier molecular flexibility index (Phi) is 5.96. The fraction of sp³-hybridized carbons (Fsp3) is 0.0370. The van der Waals surface area contributed by atoms with E-state index in [1.54, 1.807) is 0 Å². The molecule has 0 radical (unpaired) electrons. The van der Waals surface area contributed by atoms with Gasteiger partial charge in [0.15, 0.2) is 46.5 Å². The summed E-state index contributed by atoms with van der Waals surface area (Å²) in [6.45, 7) is 0. The van der Waals surface area contributed by atoms with Gasteiger partial charge in [0, 0.05) is 27.3 Å². The van der Waals surface area contributed by atoms with Crippen molar-refractivity contribution in [2.75, 3.05) is 7.11 Å². The van der Waals surface area contributed by atoms with Crippen molar-refractivity contribution < 1.29 is 48.6 Å². The Morgan fingerprint density at radius 3 is 1.45 bits per heavy atom. The van der Waals surface area contributed by atoms with E-state index in [2.05, 4.69) is 0 Å². The third kappa shape index (κ3) is 3.41. The van der Waals surface area contributed by atoms with E-state index in [0.29, 0.717) is 0 Å². The molecule has 0 fully saturated rings. The van der Waals surface area contributed by atoms with Gasteiger partial charge in [0.05, 0.1) is 12.7 Å². The van der Waals surface area contributed by atoms with Crippen LogP contribution in [0.3, 0.4) is 0 Å². The van der Waals surface area contributed by atoms with E-state index >= 15 is 13.2 Å². The van der Waals surface area contributed by atoms with Gasteiger partial charge in [-0.25, -0.2) is 43.9 Å². The van der Waals surface area contributed by atoms with Crippen LogP contribution in [0, 0.1) is 58.2 Å². The molecule has 5 aromatic carbocycles. The summed E-state index contributed by atoms with van der Waals surface area (Å²) in [7, 11) is 1.32. The highest BCUT2D eigenvalue weighted by atomic mass is 19.2. The molecule has 0 bridgehead atoms. The van der Waals surface area contributed by atoms with Crippen LogP contribution in [0.2, 0.25) is 0 Å². The predicted molar refractivity (Wildman–Crippen MR) is 118 cm³/mol. The summed E-state index contributed by atoms with van der Waals surface area (Å²) in [5.74, 6) is -22.7. The first kappa shape index (κ1) is 25.4. The number of hydrogen-bond acceptors (Lipinski definition) is 1. The lowest BCUT2D eigenvalue weighted by Gasteiger charge is -2.20. The molecule has 5 aromatic rings. The van der Waals surface area contributed by atoms with Gasteiger partial charge in [0.1, 0.15) is 11.6 Å². The van der Waals surface area contributed by atoms with Crippen LogP contribution in [0.4, 0.5) is 43.9 Å². The summed E-state index contributed by atoms with van der Waals surface area (Å²) in [6.07, 6.45) is 0. The van der Waals surface area contributed by atoms with Crippen LogP contribution >= 0.6 is 0 Å². The number of ether oxygens (including phenoxy) is 1. The molecule has 194 valence electrons. The molecular weight excluding hydrogens is 530 g/mol. The number of fused-ring (bicyclic) bond motifs is 2. The second-order valence-electron chi connectivity index (χ2n) is 8.09. The normalized spacial score (nSPS) is 11.6. The Morgan fingerprint density at radius 1 is 0.447 bits per heavy atom. The van der Waals surface area contributed by atoms with Crippen LogP contribution in [0.1, 0.15) is 0 Å². The molecule has 5 rings (SSSR count). The van der Waals surface area contributed by atoms with E-state index in [1.165, 1.54) is 31.4 Å². The maximum atomic E-state index is 15.4. The zero-order valence-electron chi connectivity index (χ0n) is 18.7. The van der Waals surface area contributed by atoms with Gasteiger partial charge in [-0.3, -0.25) is 0 Å². The molecule has 11 heteroatoms. The highest BCUT2D eigenvalue weighted by Crippen LogP contribution is 2.49. The Hall–Kier alpha value is -4.28. The van der Waals surface area contributed by atoms with Crippen LogP contribution in [0.5, 0.6) is 5.75 Å². The van der Waals surface area contributed by atoms with Gasteiger partial charge in [-0.2, -0.15) is 0 Å². The molecule has 0 spiro atoms. The average molecular weight is 540 g/mol. The largest absolute Gasteiger partial charge is 0.497 e. The van der Waals surface area contributed by atoms with E-state index in [4.69, 9.17) is 4.74 Å². The molecule has 0 saturated heterocycles. The first-order valence-electron chi connectivity index (χ1n) is 10.6. The molecule has 0 heterocycles. The molecule has 0 aliphatic heterocycles. The van der Waals surface area contributed by atoms with E-state index in [-0.39, 0.29) is 11.3 Å². The Morgan fingerprint density at radius 2 is 0.921 bits per heavy atom. The second kappa shape index (κ2) is 8.93. The zero-order chi connectivity index (χ0) is 27.6. The fourth-order valence-corrected chi connectivity index (χ4v) is 4.48. The predicted octanol–water partition coefficient (Wildman–Crippen LogP) is 8.73. The van der Waals surface area contributed by atoms with Crippen LogP contribution < -0.4 is 4.74 Å². The Labute approximate surface area is 206 Å². The van der Waals surface area contributed by atoms with Crippen molar-refractivity contribution in [1.29, 1.82) is 0 Å². The van der Waals surface area contributed by atoms with Gasteiger partial charge in [-0.1, -0.05) is 24.3 Å². The van der Waals surface area contributed by atoms with Crippen molar-refractivity contribution in [3.8, 4) is 28.0 Å². The highest BCUT2D eigenvalue weighted by Gasteiger charge is 2.34. The second-order valence-corrected chi connectivity index (χ2v) is 8.09. The van der Waals surface area contributed by atoms with Crippen molar-refractivity contribution >= 4 is 21.5 Å². The molecule has 0 atom stereocenters. The lowest BCUT2D eigenvalue weighted by atomic mass is 9.84. The number of hydrogen-bond donors (Lipinski definition) is 0. The summed E-state index contributed by atoms with van der Waals surface area (Å²) < 4.78 is 152. The minimum Gasteiger partial charge on any atom is -0.497 e. The number of methoxy groups -OCH3 is 1. The van der Waals surface area contributed by atoms with Gasteiger partial charge in [0.25, 0.3) is 0 Å². The van der Waals surface area contributed by atoms with Crippen molar-refractivity contribution in [1.82, 2.24) is 0 Å². The smallest absolute Gasteiger partial charge is 0.200 e. The molecule has 38 heavy (non-hydrogen) atoms. The monoisotopic (exact) mass is 540 g/mol. The summed E-state index contributed by atoms with van der Waals surface area (Å²) in [5.41, 5.74) is -3.72. The van der Waals surface area contributed by atoms with Gasteiger partial charge in [0.2, 0.25) is 5.82 Å². The van der Waals surface area contributed by atoms with Crippen molar-refractivity contribution in [3.63, 3.8) is 0 Å². The first-order valence-corrected chi connectivity index (χ1v) is 10.6. The van der Waals surface area contributed by atoms with Crippen molar-refractivity contribution in [3.05, 3.63) is 101 Å². The topological polar surface area (TPSA) is 9.23 Å². The van der Waals surface area contributed by atoms with Crippen molar-refractivity contribution in [2.45, 2.75) is 0 Å². The van der Waals surface area contributed by atoms with Crippen LogP contribution in [-0.4, -0.2) is 7.11 Å². The molecule has 0 unspecified atom stereocenters. The molecule has 0 aliphatic rings. The van der Waals surface area contributed by atoms with Gasteiger partial charge in [-0.05, 0) is 29.1 Å². The lowest BCUT2D eigenvalue weighted by Crippen LogP contribution is -2.08. The molecule has 0 N–H and O–H groups in total. The average Bonchev–Trinajstić information content (AvgIpc) is 2.92. The summed E-state index contributed by atoms with van der Waals surface area (Å²) in [4.78, 5) is 0. The van der Waals surface area contributed by atoms with E-state index in [1.807, 2.05) is 0 Å². The summed E-state index contributed by atoms with van der Waals surface area (Å²) >= 11 is 0. The van der Waals surface area contributed by atoms with Gasteiger partial charge >= 0.3 is 0 Å². The maximum Gasteiger partial charge on any atom is 0.200 e. The molecule has 0 amide bonds. The molecule has 1 nitrogen and oxygen atoms in total. The van der Waals surface area contributed by atoms with Crippen LogP contribution in [-0.2, 0) is 0 Å². The van der Waals surface area contributed by atoms with Gasteiger partial charge in [-0.15, -0.1) is 0 Å². The van der Waals surface area contributed by atoms with Crippen LogP contribution in [0.25, 0.3) is 43.8 Å². The maximum absolute atomic E-state index is 15.4. The molecule has 0 aliphatic carbocycles. The van der Waals surface area contributed by atoms with E-state index < -0.39 is 96.4 Å². The standard InChI is InChI=1S/C27H10F10O/c1-38-10-7-5-9(6-8-10)13-11-3-2-4-12(28)14(11)15(17-16(13)19(29)23(33)24(34)20(17)30)18-21(31)25(35)27(37)26(36)22(18)32/h2-8H,1H3. The molecule has 0 aromatic heterocycles. The first-order chi connectivity index (χ1) is 18.0. The Balaban J connectivity index is 2.16. The van der Waals surface area contributed by atoms with E-state index in [0.717, 1.165) is 18.2 Å². The Bertz CT molecular complexity index is 1770. The molecule has 0 saturated carbocycles. The van der Waals surface area contributed by atoms with Gasteiger partial charge < -0.3 is 4.74 Å². The van der Waals surface area contributed by atoms with Crippen LogP contribution in [0.15, 0.2) is 42.5 Å². The third-order valence-corrected chi connectivity index (χ3v) is 6.14. The number of rotatable bonds is 3. The minimum absolute atomic E-state index is 0.0281. The minimum atomic E-state index is -2.57.